The van der Waals surface area contributed by atoms with Gasteiger partial charge in [-0.2, -0.15) is 0 Å². The molecule has 1 heteroatoms. The SMILES string of the molecule is c1ccc(-c2ccc(-c3c4ccccc4c(-c4ccc5c(c4)oc4c(-c6c7ccccc7c(-c7ccc(-c8ccccc8)c8ccccc78)c7ccccc67)cccc45)c4ccccc34)c3ccccc23)cc1. The van der Waals surface area contributed by atoms with Crippen LogP contribution in [0.25, 0.3) is 153 Å². The van der Waals surface area contributed by atoms with Gasteiger partial charge >= 0.3 is 0 Å². The maximum absolute atomic E-state index is 7.24. The van der Waals surface area contributed by atoms with Crippen LogP contribution in [0.2, 0.25) is 0 Å². The first-order valence-electron chi connectivity index (χ1n) is 25.2. The maximum atomic E-state index is 7.24. The van der Waals surface area contributed by atoms with Gasteiger partial charge in [0, 0.05) is 21.9 Å². The predicted molar refractivity (Wildman–Crippen MR) is 311 cm³/mol. The number of rotatable bonds is 6. The number of fused-ring (bicyclic) bond motifs is 9. The van der Waals surface area contributed by atoms with Crippen LogP contribution in [0.4, 0.5) is 0 Å². The fourth-order valence-corrected chi connectivity index (χ4v) is 12.4. The topological polar surface area (TPSA) is 13.1 Å². The normalized spacial score (nSPS) is 11.8. The Hall–Kier alpha value is -9.56. The van der Waals surface area contributed by atoms with Crippen molar-refractivity contribution < 1.29 is 4.42 Å². The predicted octanol–water partition coefficient (Wildman–Crippen LogP) is 20.5. The highest BCUT2D eigenvalue weighted by molar-refractivity contribution is 6.28. The van der Waals surface area contributed by atoms with Gasteiger partial charge in [-0.1, -0.05) is 255 Å². The van der Waals surface area contributed by atoms with Crippen LogP contribution in [0.1, 0.15) is 0 Å². The van der Waals surface area contributed by atoms with Crippen molar-refractivity contribution in [1.29, 1.82) is 0 Å². The molecule has 73 heavy (non-hydrogen) atoms. The average Bonchev–Trinajstić information content (AvgIpc) is 3.84. The van der Waals surface area contributed by atoms with Gasteiger partial charge in [0.2, 0.25) is 0 Å². The van der Waals surface area contributed by atoms with E-state index >= 15 is 0 Å². The van der Waals surface area contributed by atoms with Gasteiger partial charge in [-0.3, -0.25) is 0 Å². The Morgan fingerprint density at radius 1 is 0.178 bits per heavy atom. The lowest BCUT2D eigenvalue weighted by Crippen LogP contribution is -1.92. The Morgan fingerprint density at radius 2 is 0.507 bits per heavy atom. The second-order valence-corrected chi connectivity index (χ2v) is 19.3. The zero-order valence-electron chi connectivity index (χ0n) is 39.8. The first-order valence-corrected chi connectivity index (χ1v) is 25.2. The van der Waals surface area contributed by atoms with Gasteiger partial charge < -0.3 is 4.42 Å². The fraction of sp³-hybridized carbons (Fsp3) is 0. The summed E-state index contributed by atoms with van der Waals surface area (Å²) >= 11 is 0. The van der Waals surface area contributed by atoms with Gasteiger partial charge in [-0.15, -0.1) is 0 Å². The molecule has 0 unspecified atom stereocenters. The van der Waals surface area contributed by atoms with Gasteiger partial charge in [0.25, 0.3) is 0 Å². The minimum Gasteiger partial charge on any atom is -0.455 e. The second kappa shape index (κ2) is 16.5. The summed E-state index contributed by atoms with van der Waals surface area (Å²) in [6.45, 7) is 0. The van der Waals surface area contributed by atoms with Crippen LogP contribution in [0.15, 0.2) is 271 Å². The molecular formula is C72H44O. The van der Waals surface area contributed by atoms with Gasteiger partial charge in [-0.05, 0) is 132 Å². The number of benzene rings is 14. The highest BCUT2D eigenvalue weighted by atomic mass is 16.3. The average molecular weight is 925 g/mol. The molecule has 0 bridgehead atoms. The van der Waals surface area contributed by atoms with Crippen LogP contribution in [-0.2, 0) is 0 Å². The lowest BCUT2D eigenvalue weighted by Gasteiger charge is -2.19. The Bertz CT molecular complexity index is 4600. The van der Waals surface area contributed by atoms with Gasteiger partial charge in [0.15, 0.2) is 0 Å². The molecule has 0 spiro atoms. The molecule has 15 rings (SSSR count). The lowest BCUT2D eigenvalue weighted by molar-refractivity contribution is 0.670. The van der Waals surface area contributed by atoms with Gasteiger partial charge in [-0.25, -0.2) is 0 Å². The van der Waals surface area contributed by atoms with E-state index in [0.29, 0.717) is 0 Å². The molecule has 0 amide bonds. The highest BCUT2D eigenvalue weighted by Crippen LogP contribution is 2.50. The molecule has 1 heterocycles. The molecular weight excluding hydrogens is 881 g/mol. The number of furan rings is 1. The van der Waals surface area contributed by atoms with Gasteiger partial charge in [0.1, 0.15) is 11.2 Å². The minimum absolute atomic E-state index is 0.870. The Labute approximate surface area is 422 Å². The van der Waals surface area contributed by atoms with Crippen molar-refractivity contribution in [2.45, 2.75) is 0 Å². The van der Waals surface area contributed by atoms with E-state index < -0.39 is 0 Å². The molecule has 0 aliphatic carbocycles. The minimum atomic E-state index is 0.870. The van der Waals surface area contributed by atoms with E-state index in [1.807, 2.05) is 0 Å². The van der Waals surface area contributed by atoms with Crippen molar-refractivity contribution in [1.82, 2.24) is 0 Å². The first kappa shape index (κ1) is 41.2. The summed E-state index contributed by atoms with van der Waals surface area (Å²) < 4.78 is 7.24. The summed E-state index contributed by atoms with van der Waals surface area (Å²) in [5.74, 6) is 0. The molecule has 0 aliphatic rings. The Balaban J connectivity index is 0.926. The van der Waals surface area contributed by atoms with E-state index in [2.05, 4.69) is 267 Å². The lowest BCUT2D eigenvalue weighted by atomic mass is 9.83. The largest absolute Gasteiger partial charge is 0.455 e. The van der Waals surface area contributed by atoms with E-state index in [0.717, 1.165) is 33.1 Å². The Kier molecular flexibility index (Phi) is 9.33. The summed E-state index contributed by atoms with van der Waals surface area (Å²) in [5.41, 5.74) is 16.2. The van der Waals surface area contributed by atoms with E-state index in [1.54, 1.807) is 0 Å². The van der Waals surface area contributed by atoms with E-state index in [1.165, 1.54) is 120 Å². The molecule has 0 fully saturated rings. The van der Waals surface area contributed by atoms with Crippen LogP contribution in [0.3, 0.4) is 0 Å². The summed E-state index contributed by atoms with van der Waals surface area (Å²) in [6, 6.07) is 97.8. The van der Waals surface area contributed by atoms with Crippen molar-refractivity contribution >= 4 is 86.6 Å². The summed E-state index contributed by atoms with van der Waals surface area (Å²) in [4.78, 5) is 0. The van der Waals surface area contributed by atoms with Crippen molar-refractivity contribution in [3.63, 3.8) is 0 Å². The van der Waals surface area contributed by atoms with Crippen LogP contribution in [0.5, 0.6) is 0 Å². The van der Waals surface area contributed by atoms with Crippen molar-refractivity contribution in [2.24, 2.45) is 0 Å². The molecule has 15 aromatic rings. The number of hydrogen-bond donors (Lipinski definition) is 0. The van der Waals surface area contributed by atoms with Crippen LogP contribution in [0, 0.1) is 0 Å². The molecule has 0 radical (unpaired) electrons. The summed E-state index contributed by atoms with van der Waals surface area (Å²) in [5, 5.41) is 16.9. The zero-order valence-corrected chi connectivity index (χ0v) is 39.8. The third-order valence-electron chi connectivity index (χ3n) is 15.5. The van der Waals surface area contributed by atoms with Crippen molar-refractivity contribution in [3.8, 4) is 66.8 Å². The van der Waals surface area contributed by atoms with Crippen molar-refractivity contribution in [3.05, 3.63) is 267 Å². The van der Waals surface area contributed by atoms with Crippen molar-refractivity contribution in [2.75, 3.05) is 0 Å². The van der Waals surface area contributed by atoms with E-state index in [4.69, 9.17) is 4.42 Å². The van der Waals surface area contributed by atoms with Crippen LogP contribution in [-0.4, -0.2) is 0 Å². The standard InChI is InChI=1S/C72H44O/c1-3-20-45(21-4-1)48-40-42-63(52-26-9-7-24-50(48)52)69-57-30-13-11-28-55(57)68(56-29-12-14-31-58(56)69)47-38-39-54-65-36-19-37-66(72(65)73-67(54)44-47)71-61-34-17-15-32-59(61)70(60-33-16-18-35-62(60)71)64-43-41-49(46-22-5-2-6-23-46)51-25-8-10-27-53(51)64/h1-44H. The molecule has 0 aliphatic heterocycles. The van der Waals surface area contributed by atoms with E-state index in [9.17, 15) is 0 Å². The molecule has 0 atom stereocenters. The third-order valence-corrected chi connectivity index (χ3v) is 15.5. The second-order valence-electron chi connectivity index (χ2n) is 19.3. The molecule has 14 aromatic carbocycles. The molecule has 0 saturated carbocycles. The number of para-hydroxylation sites is 1. The van der Waals surface area contributed by atoms with Gasteiger partial charge in [0.05, 0.1) is 0 Å². The fourth-order valence-electron chi connectivity index (χ4n) is 12.4. The third kappa shape index (κ3) is 6.36. The molecule has 0 saturated heterocycles. The highest BCUT2D eigenvalue weighted by Gasteiger charge is 2.24. The zero-order chi connectivity index (χ0) is 48.0. The quantitative estimate of drug-likeness (QED) is 0.151. The molecule has 1 nitrogen and oxygen atoms in total. The molecule has 0 N–H and O–H groups in total. The van der Waals surface area contributed by atoms with Crippen LogP contribution < -0.4 is 0 Å². The maximum Gasteiger partial charge on any atom is 0.143 e. The summed E-state index contributed by atoms with van der Waals surface area (Å²) in [7, 11) is 0. The number of hydrogen-bond acceptors (Lipinski definition) is 1. The van der Waals surface area contributed by atoms with E-state index in [-0.39, 0.29) is 0 Å². The summed E-state index contributed by atoms with van der Waals surface area (Å²) in [6.07, 6.45) is 0. The monoisotopic (exact) mass is 924 g/mol. The molecule has 338 valence electrons. The first-order chi connectivity index (χ1) is 36.3. The van der Waals surface area contributed by atoms with Crippen LogP contribution >= 0.6 is 0 Å². The Morgan fingerprint density at radius 3 is 0.932 bits per heavy atom. The molecule has 1 aromatic heterocycles. The smallest absolute Gasteiger partial charge is 0.143 e.